The zero-order valence-electron chi connectivity index (χ0n) is 11.1. The summed E-state index contributed by atoms with van der Waals surface area (Å²) >= 11 is 0. The van der Waals surface area contributed by atoms with E-state index in [2.05, 4.69) is 15.6 Å². The van der Waals surface area contributed by atoms with E-state index in [4.69, 9.17) is 5.73 Å². The molecule has 19 heavy (non-hydrogen) atoms. The predicted octanol–water partition coefficient (Wildman–Crippen LogP) is -0.0586. The Kier molecular flexibility index (Phi) is 6.52. The molecular formula is C13H20N4O2. The van der Waals surface area contributed by atoms with Crippen LogP contribution in [0.25, 0.3) is 0 Å². The molecule has 4 N–H and O–H groups in total. The number of rotatable bonds is 7. The van der Waals surface area contributed by atoms with E-state index in [1.165, 1.54) is 0 Å². The molecule has 0 spiro atoms. The molecule has 2 amide bonds. The maximum absolute atomic E-state index is 11.5. The summed E-state index contributed by atoms with van der Waals surface area (Å²) in [7, 11) is 0. The molecule has 0 saturated heterocycles. The molecule has 0 aliphatic rings. The molecule has 6 nitrogen and oxygen atoms in total. The van der Waals surface area contributed by atoms with Crippen molar-refractivity contribution < 1.29 is 9.59 Å². The topological polar surface area (TPSA) is 97.1 Å². The van der Waals surface area contributed by atoms with Gasteiger partial charge in [0, 0.05) is 44.4 Å². The Morgan fingerprint density at radius 3 is 2.79 bits per heavy atom. The molecule has 0 saturated carbocycles. The van der Waals surface area contributed by atoms with Crippen LogP contribution in [0.1, 0.15) is 25.3 Å². The van der Waals surface area contributed by atoms with Crippen LogP contribution in [-0.4, -0.2) is 29.4 Å². The van der Waals surface area contributed by atoms with Crippen molar-refractivity contribution in [2.24, 2.45) is 5.73 Å². The Balaban J connectivity index is 2.13. The van der Waals surface area contributed by atoms with Gasteiger partial charge < -0.3 is 16.4 Å². The van der Waals surface area contributed by atoms with Crippen LogP contribution in [0.2, 0.25) is 0 Å². The Morgan fingerprint density at radius 2 is 2.16 bits per heavy atom. The van der Waals surface area contributed by atoms with Crippen LogP contribution < -0.4 is 16.4 Å². The minimum absolute atomic E-state index is 0.107. The van der Waals surface area contributed by atoms with Gasteiger partial charge in [0.05, 0.1) is 0 Å². The maximum atomic E-state index is 11.5. The van der Waals surface area contributed by atoms with Gasteiger partial charge in [-0.15, -0.1) is 0 Å². The maximum Gasteiger partial charge on any atom is 0.222 e. The van der Waals surface area contributed by atoms with E-state index in [1.807, 2.05) is 12.1 Å². The number of nitrogens with two attached hydrogens (primary N) is 1. The average molecular weight is 264 g/mol. The zero-order valence-corrected chi connectivity index (χ0v) is 11.1. The molecule has 0 aliphatic heterocycles. The van der Waals surface area contributed by atoms with Crippen molar-refractivity contribution in [3.05, 3.63) is 30.1 Å². The van der Waals surface area contributed by atoms with Crippen LogP contribution in [0, 0.1) is 0 Å². The lowest BCUT2D eigenvalue weighted by molar-refractivity contribution is -0.122. The first-order valence-corrected chi connectivity index (χ1v) is 6.26. The zero-order chi connectivity index (χ0) is 14.1. The summed E-state index contributed by atoms with van der Waals surface area (Å²) in [5, 5.41) is 5.41. The van der Waals surface area contributed by atoms with Gasteiger partial charge in [-0.3, -0.25) is 14.6 Å². The van der Waals surface area contributed by atoms with Crippen molar-refractivity contribution in [2.75, 3.05) is 6.54 Å². The van der Waals surface area contributed by atoms with Gasteiger partial charge in [-0.25, -0.2) is 0 Å². The largest absolute Gasteiger partial charge is 0.356 e. The highest BCUT2D eigenvalue weighted by atomic mass is 16.2. The smallest absolute Gasteiger partial charge is 0.222 e. The second-order valence-electron chi connectivity index (χ2n) is 4.42. The molecule has 1 aromatic rings. The standard InChI is InChI=1S/C13H20N4O2/c1-10(14)7-13(19)16-6-4-12(18)17-9-11-3-2-5-15-8-11/h2-3,5,8,10H,4,6-7,9,14H2,1H3,(H,16,19)(H,17,18). The molecule has 0 aromatic carbocycles. The van der Waals surface area contributed by atoms with Gasteiger partial charge in [-0.2, -0.15) is 0 Å². The number of amides is 2. The quantitative estimate of drug-likeness (QED) is 0.642. The highest BCUT2D eigenvalue weighted by molar-refractivity contribution is 5.79. The molecule has 0 radical (unpaired) electrons. The highest BCUT2D eigenvalue weighted by Crippen LogP contribution is 1.94. The van der Waals surface area contributed by atoms with Crippen LogP contribution in [0.3, 0.4) is 0 Å². The number of carbonyl (C=O) groups is 2. The van der Waals surface area contributed by atoms with Crippen LogP contribution >= 0.6 is 0 Å². The molecule has 1 aromatic heterocycles. The SMILES string of the molecule is CC(N)CC(=O)NCCC(=O)NCc1cccnc1. The highest BCUT2D eigenvalue weighted by Gasteiger charge is 2.06. The van der Waals surface area contributed by atoms with Crippen LogP contribution in [0.15, 0.2) is 24.5 Å². The van der Waals surface area contributed by atoms with Crippen molar-refractivity contribution in [3.63, 3.8) is 0 Å². The van der Waals surface area contributed by atoms with Crippen molar-refractivity contribution in [2.45, 2.75) is 32.4 Å². The van der Waals surface area contributed by atoms with E-state index < -0.39 is 0 Å². The van der Waals surface area contributed by atoms with Crippen molar-refractivity contribution in [1.29, 1.82) is 0 Å². The Hall–Kier alpha value is -1.95. The van der Waals surface area contributed by atoms with Crippen LogP contribution in [-0.2, 0) is 16.1 Å². The van der Waals surface area contributed by atoms with E-state index in [9.17, 15) is 9.59 Å². The van der Waals surface area contributed by atoms with E-state index >= 15 is 0 Å². The molecule has 0 bridgehead atoms. The normalized spacial score (nSPS) is 11.7. The van der Waals surface area contributed by atoms with Gasteiger partial charge >= 0.3 is 0 Å². The third-order valence-corrected chi connectivity index (χ3v) is 2.39. The van der Waals surface area contributed by atoms with E-state index in [0.29, 0.717) is 13.1 Å². The van der Waals surface area contributed by atoms with Gasteiger partial charge in [0.2, 0.25) is 11.8 Å². The van der Waals surface area contributed by atoms with Gasteiger partial charge in [-0.1, -0.05) is 6.07 Å². The molecule has 1 heterocycles. The monoisotopic (exact) mass is 264 g/mol. The lowest BCUT2D eigenvalue weighted by Crippen LogP contribution is -2.33. The summed E-state index contributed by atoms with van der Waals surface area (Å²) in [6, 6.07) is 3.53. The third kappa shape index (κ3) is 7.15. The van der Waals surface area contributed by atoms with E-state index in [-0.39, 0.29) is 30.7 Å². The number of hydrogen-bond acceptors (Lipinski definition) is 4. The number of aromatic nitrogens is 1. The molecule has 0 fully saturated rings. The molecule has 1 rings (SSSR count). The summed E-state index contributed by atoms with van der Waals surface area (Å²) in [6.07, 6.45) is 3.91. The number of carbonyl (C=O) groups excluding carboxylic acids is 2. The second-order valence-corrected chi connectivity index (χ2v) is 4.42. The number of pyridine rings is 1. The molecular weight excluding hydrogens is 244 g/mol. The number of nitrogens with one attached hydrogen (secondary N) is 2. The first-order valence-electron chi connectivity index (χ1n) is 6.26. The fraction of sp³-hybridized carbons (Fsp3) is 0.462. The van der Waals surface area contributed by atoms with Crippen molar-refractivity contribution in [1.82, 2.24) is 15.6 Å². The average Bonchev–Trinajstić information content (AvgIpc) is 2.36. The first-order chi connectivity index (χ1) is 9.08. The fourth-order valence-electron chi connectivity index (χ4n) is 1.47. The summed E-state index contributed by atoms with van der Waals surface area (Å²) in [5.41, 5.74) is 6.43. The molecule has 6 heteroatoms. The van der Waals surface area contributed by atoms with Crippen LogP contribution in [0.5, 0.6) is 0 Å². The van der Waals surface area contributed by atoms with Gasteiger partial charge in [-0.05, 0) is 18.6 Å². The van der Waals surface area contributed by atoms with Gasteiger partial charge in [0.25, 0.3) is 0 Å². The van der Waals surface area contributed by atoms with E-state index in [0.717, 1.165) is 5.56 Å². The molecule has 0 aliphatic carbocycles. The Labute approximate surface area is 112 Å². The molecule has 1 atom stereocenters. The number of hydrogen-bond donors (Lipinski definition) is 3. The summed E-state index contributed by atoms with van der Waals surface area (Å²) in [5.74, 6) is -0.236. The summed E-state index contributed by atoms with van der Waals surface area (Å²) in [6.45, 7) is 2.53. The van der Waals surface area contributed by atoms with Crippen molar-refractivity contribution >= 4 is 11.8 Å². The van der Waals surface area contributed by atoms with Crippen LogP contribution in [0.4, 0.5) is 0 Å². The summed E-state index contributed by atoms with van der Waals surface area (Å²) in [4.78, 5) is 26.8. The Morgan fingerprint density at radius 1 is 1.37 bits per heavy atom. The number of nitrogens with zero attached hydrogens (tertiary/aromatic N) is 1. The second kappa shape index (κ2) is 8.20. The van der Waals surface area contributed by atoms with Crippen molar-refractivity contribution in [3.8, 4) is 0 Å². The first kappa shape index (κ1) is 15.1. The van der Waals surface area contributed by atoms with E-state index in [1.54, 1.807) is 19.3 Å². The fourth-order valence-corrected chi connectivity index (χ4v) is 1.47. The third-order valence-electron chi connectivity index (χ3n) is 2.39. The minimum Gasteiger partial charge on any atom is -0.356 e. The Bertz CT molecular complexity index is 406. The van der Waals surface area contributed by atoms with Gasteiger partial charge in [0.15, 0.2) is 0 Å². The molecule has 104 valence electrons. The minimum atomic E-state index is -0.167. The lowest BCUT2D eigenvalue weighted by atomic mass is 10.2. The summed E-state index contributed by atoms with van der Waals surface area (Å²) < 4.78 is 0. The lowest BCUT2D eigenvalue weighted by Gasteiger charge is -2.08. The molecule has 1 unspecified atom stereocenters. The predicted molar refractivity (Wildman–Crippen MR) is 72.0 cm³/mol. The van der Waals surface area contributed by atoms with Gasteiger partial charge in [0.1, 0.15) is 0 Å².